The maximum Gasteiger partial charge on any atom is 0.305 e. The highest BCUT2D eigenvalue weighted by molar-refractivity contribution is 7.99. The second-order valence-electron chi connectivity index (χ2n) is 15.8. The number of carbonyl (C=O) groups is 1. The van der Waals surface area contributed by atoms with Crippen LogP contribution in [0.3, 0.4) is 0 Å². The fraction of sp³-hybridized carbons (Fsp3) is 0.750. The number of methoxy groups -OCH3 is 2. The molecule has 1 fully saturated rings. The van der Waals surface area contributed by atoms with E-state index in [0.717, 1.165) is 36.3 Å². The van der Waals surface area contributed by atoms with Gasteiger partial charge in [0.15, 0.2) is 16.6 Å². The first kappa shape index (κ1) is 40.2. The van der Waals surface area contributed by atoms with Gasteiger partial charge in [-0.15, -0.1) is 0 Å². The van der Waals surface area contributed by atoms with E-state index >= 15 is 0 Å². The zero-order valence-corrected chi connectivity index (χ0v) is 33.2. The van der Waals surface area contributed by atoms with Crippen molar-refractivity contribution in [2.24, 2.45) is 11.8 Å². The Morgan fingerprint density at radius 3 is 2.27 bits per heavy atom. The highest BCUT2D eigenvalue weighted by Gasteiger charge is 2.47. The van der Waals surface area contributed by atoms with E-state index in [9.17, 15) is 9.90 Å². The van der Waals surface area contributed by atoms with Crippen molar-refractivity contribution in [3.63, 3.8) is 0 Å². The molecule has 0 aromatic heterocycles. The molecule has 0 saturated heterocycles. The molecule has 45 heavy (non-hydrogen) atoms. The average Bonchev–Trinajstić information content (AvgIpc) is 3.20. The van der Waals surface area contributed by atoms with Gasteiger partial charge < -0.3 is 23.4 Å². The van der Waals surface area contributed by atoms with Gasteiger partial charge in [-0.3, -0.25) is 4.79 Å². The van der Waals surface area contributed by atoms with Gasteiger partial charge >= 0.3 is 5.97 Å². The third-order valence-electron chi connectivity index (χ3n) is 10.2. The number of benzene rings is 1. The standard InChI is InChI=1S/C36H64O6SSi2/c1-35(2,3)44(9,10)41-29(24-27-15-13-16-28(23-27)26-39-7)18-19-31-30(20-22-43-21-14-17-34(38)40-8)32(37)25-33(31)42-45(11,12)36(4,5)6/h13,15-16,18-19,23,29-33,37H,14,17,20-22,24-26H2,1-12H3/t29-,30-,31-,32+,33-/m1/s1. The van der Waals surface area contributed by atoms with Crippen LogP contribution in [0.5, 0.6) is 0 Å². The zero-order valence-electron chi connectivity index (χ0n) is 30.4. The van der Waals surface area contributed by atoms with Gasteiger partial charge in [0.2, 0.25) is 0 Å². The summed E-state index contributed by atoms with van der Waals surface area (Å²) in [4.78, 5) is 11.5. The second kappa shape index (κ2) is 17.5. The number of hydrogen-bond acceptors (Lipinski definition) is 7. The number of ether oxygens (including phenoxy) is 2. The maximum absolute atomic E-state index is 11.5. The van der Waals surface area contributed by atoms with Crippen molar-refractivity contribution in [3.05, 3.63) is 47.5 Å². The van der Waals surface area contributed by atoms with E-state index in [-0.39, 0.29) is 40.1 Å². The van der Waals surface area contributed by atoms with Crippen LogP contribution >= 0.6 is 11.8 Å². The van der Waals surface area contributed by atoms with Crippen molar-refractivity contribution < 1.29 is 28.2 Å². The van der Waals surface area contributed by atoms with Gasteiger partial charge in [0, 0.05) is 25.9 Å². The summed E-state index contributed by atoms with van der Waals surface area (Å²) in [5.41, 5.74) is 2.40. The van der Waals surface area contributed by atoms with Crippen molar-refractivity contribution in [3.8, 4) is 0 Å². The lowest BCUT2D eigenvalue weighted by atomic mass is 9.90. The van der Waals surface area contributed by atoms with E-state index in [1.165, 1.54) is 12.7 Å². The molecule has 6 nitrogen and oxygen atoms in total. The number of aliphatic hydroxyl groups excluding tert-OH is 1. The first-order valence-corrected chi connectivity index (χ1v) is 23.7. The Balaban J connectivity index is 2.36. The van der Waals surface area contributed by atoms with E-state index in [1.807, 2.05) is 11.8 Å². The minimum absolute atomic E-state index is 0.0231. The molecule has 5 atom stereocenters. The summed E-state index contributed by atoms with van der Waals surface area (Å²) in [5.74, 6) is 1.92. The summed E-state index contributed by atoms with van der Waals surface area (Å²) in [5, 5.41) is 11.6. The molecule has 0 bridgehead atoms. The Labute approximate surface area is 281 Å². The van der Waals surface area contributed by atoms with Crippen LogP contribution in [-0.2, 0) is 36.1 Å². The molecule has 258 valence electrons. The Morgan fingerprint density at radius 1 is 1.02 bits per heavy atom. The lowest BCUT2D eigenvalue weighted by Gasteiger charge is -2.40. The monoisotopic (exact) mass is 680 g/mol. The van der Waals surface area contributed by atoms with Crippen LogP contribution in [0.1, 0.15) is 78.4 Å². The summed E-state index contributed by atoms with van der Waals surface area (Å²) in [6.07, 6.45) is 7.71. The van der Waals surface area contributed by atoms with Crippen LogP contribution in [0, 0.1) is 11.8 Å². The summed E-state index contributed by atoms with van der Waals surface area (Å²) >= 11 is 1.85. The molecular weight excluding hydrogens is 617 g/mol. The number of carbonyl (C=O) groups excluding carboxylic acids is 1. The zero-order chi connectivity index (χ0) is 34.1. The average molecular weight is 681 g/mol. The first-order valence-electron chi connectivity index (χ1n) is 16.7. The van der Waals surface area contributed by atoms with Gasteiger partial charge in [-0.1, -0.05) is 78.0 Å². The van der Waals surface area contributed by atoms with Gasteiger partial charge in [0.25, 0.3) is 0 Å². The molecule has 1 aliphatic carbocycles. The van der Waals surface area contributed by atoms with Crippen molar-refractivity contribution in [1.82, 2.24) is 0 Å². The van der Waals surface area contributed by atoms with Crippen molar-refractivity contribution in [2.75, 3.05) is 25.7 Å². The van der Waals surface area contributed by atoms with Crippen molar-refractivity contribution in [2.45, 2.75) is 135 Å². The molecule has 0 amide bonds. The molecule has 9 heteroatoms. The van der Waals surface area contributed by atoms with Gasteiger partial charge in [-0.25, -0.2) is 0 Å². The third kappa shape index (κ3) is 12.5. The molecule has 1 N–H and O–H groups in total. The molecule has 0 unspecified atom stereocenters. The van der Waals surface area contributed by atoms with Gasteiger partial charge in [-0.05, 0) is 84.1 Å². The summed E-state index contributed by atoms with van der Waals surface area (Å²) < 4.78 is 24.3. The van der Waals surface area contributed by atoms with Crippen LogP contribution in [0.4, 0.5) is 0 Å². The van der Waals surface area contributed by atoms with Crippen LogP contribution in [0.2, 0.25) is 36.3 Å². The summed E-state index contributed by atoms with van der Waals surface area (Å²) in [6, 6.07) is 8.61. The normalized spacial score (nSPS) is 22.2. The molecule has 1 aromatic rings. The minimum Gasteiger partial charge on any atom is -0.469 e. The highest BCUT2D eigenvalue weighted by atomic mass is 32.2. The second-order valence-corrected chi connectivity index (χ2v) is 26.5. The number of thioether (sulfide) groups is 1. The molecule has 0 aliphatic heterocycles. The van der Waals surface area contributed by atoms with Gasteiger partial charge in [-0.2, -0.15) is 11.8 Å². The fourth-order valence-electron chi connectivity index (χ4n) is 5.38. The predicted molar refractivity (Wildman–Crippen MR) is 195 cm³/mol. The Hall–Kier alpha value is -0.946. The van der Waals surface area contributed by atoms with Crippen LogP contribution in [0.15, 0.2) is 36.4 Å². The Kier molecular flexibility index (Phi) is 15.6. The maximum atomic E-state index is 11.5. The molecule has 1 saturated carbocycles. The molecule has 0 spiro atoms. The smallest absolute Gasteiger partial charge is 0.305 e. The Bertz CT molecular complexity index is 1080. The molecule has 1 aliphatic rings. The van der Waals surface area contributed by atoms with E-state index in [1.54, 1.807) is 7.11 Å². The first-order chi connectivity index (χ1) is 20.8. The Morgan fingerprint density at radius 2 is 1.67 bits per heavy atom. The fourth-order valence-corrected chi connectivity index (χ4v) is 9.01. The lowest BCUT2D eigenvalue weighted by Crippen LogP contribution is -2.45. The summed E-state index contributed by atoms with van der Waals surface area (Å²) in [7, 11) is -0.959. The van der Waals surface area contributed by atoms with Crippen molar-refractivity contribution >= 4 is 34.4 Å². The summed E-state index contributed by atoms with van der Waals surface area (Å²) in [6.45, 7) is 23.5. The molecule has 1 aromatic carbocycles. The number of esters is 1. The quantitative estimate of drug-likeness (QED) is 0.0763. The third-order valence-corrected chi connectivity index (χ3v) is 20.3. The van der Waals surface area contributed by atoms with Crippen LogP contribution in [0.25, 0.3) is 0 Å². The molecule has 2 rings (SSSR count). The van der Waals surface area contributed by atoms with Crippen molar-refractivity contribution in [1.29, 1.82) is 0 Å². The van der Waals surface area contributed by atoms with Crippen LogP contribution in [-0.4, -0.2) is 71.7 Å². The predicted octanol–water partition coefficient (Wildman–Crippen LogP) is 8.79. The van der Waals surface area contributed by atoms with E-state index in [0.29, 0.717) is 19.4 Å². The minimum atomic E-state index is -2.07. The van der Waals surface area contributed by atoms with Gasteiger partial charge in [0.05, 0.1) is 32.0 Å². The number of hydrogen-bond donors (Lipinski definition) is 1. The van der Waals surface area contributed by atoms with Gasteiger partial charge in [0.1, 0.15) is 0 Å². The van der Waals surface area contributed by atoms with Crippen LogP contribution < -0.4 is 0 Å². The highest BCUT2D eigenvalue weighted by Crippen LogP contribution is 2.45. The molecular formula is C36H64O6SSi2. The lowest BCUT2D eigenvalue weighted by molar-refractivity contribution is -0.140. The topological polar surface area (TPSA) is 74.2 Å². The molecule has 0 heterocycles. The number of rotatable bonds is 17. The number of aliphatic hydroxyl groups is 1. The SMILES string of the molecule is COCc1cccc(C[C@@H](C=C[C@@H]2[C@@H](CCSCCCC(=O)OC)[C@@H](O)C[C@H]2O[Si](C)(C)C(C)(C)C)O[Si](C)(C)C(C)(C)C)c1. The van der Waals surface area contributed by atoms with E-state index in [4.69, 9.17) is 18.3 Å². The largest absolute Gasteiger partial charge is 0.469 e. The van der Waals surface area contributed by atoms with E-state index in [2.05, 4.69) is 104 Å². The van der Waals surface area contributed by atoms with E-state index < -0.39 is 22.7 Å². The molecule has 0 radical (unpaired) electrons.